The lowest BCUT2D eigenvalue weighted by Gasteiger charge is -2.22. The second-order valence-corrected chi connectivity index (χ2v) is 4.89. The Balaban J connectivity index is 1.95. The quantitative estimate of drug-likeness (QED) is 0.858. The number of benzene rings is 1. The van der Waals surface area contributed by atoms with Crippen molar-refractivity contribution in [1.82, 2.24) is 4.90 Å². The number of nitrogens with two attached hydrogens (primary N) is 1. The number of carbonyl (C=O) groups excluding carboxylic acids is 2. The molecule has 2 N–H and O–H groups in total. The molecule has 1 aromatic carbocycles. The second kappa shape index (κ2) is 5.90. The first-order valence-electron chi connectivity index (χ1n) is 6.48. The van der Waals surface area contributed by atoms with Gasteiger partial charge in [-0.1, -0.05) is 0 Å². The van der Waals surface area contributed by atoms with Gasteiger partial charge in [0.1, 0.15) is 12.4 Å². The number of likely N-dealkylation sites (tertiary alicyclic amines) is 1. The number of ether oxygens (including phenoxy) is 1. The standard InChI is InChI=1S/C14H17FN2O3/c1-9-7-10(4-5-12(9)15)13(18)20-8-11-3-2-6-17(11)14(16)19/h4-5,7,11H,2-3,6,8H2,1H3,(H2,16,19). The van der Waals surface area contributed by atoms with Gasteiger partial charge in [0.25, 0.3) is 0 Å². The lowest BCUT2D eigenvalue weighted by molar-refractivity contribution is 0.0422. The Bertz CT molecular complexity index is 533. The third-order valence-corrected chi connectivity index (χ3v) is 3.46. The molecule has 108 valence electrons. The molecule has 2 rings (SSSR count). The third-order valence-electron chi connectivity index (χ3n) is 3.46. The third kappa shape index (κ3) is 3.07. The van der Waals surface area contributed by atoms with Gasteiger partial charge in [-0.2, -0.15) is 0 Å². The van der Waals surface area contributed by atoms with E-state index in [-0.39, 0.29) is 18.5 Å². The topological polar surface area (TPSA) is 72.6 Å². The fraction of sp³-hybridized carbons (Fsp3) is 0.429. The zero-order valence-corrected chi connectivity index (χ0v) is 11.3. The number of nitrogens with zero attached hydrogens (tertiary/aromatic N) is 1. The van der Waals surface area contributed by atoms with Crippen LogP contribution in [0.25, 0.3) is 0 Å². The molecule has 0 saturated carbocycles. The maximum atomic E-state index is 13.1. The number of esters is 1. The smallest absolute Gasteiger partial charge is 0.338 e. The summed E-state index contributed by atoms with van der Waals surface area (Å²) < 4.78 is 18.3. The number of primary amides is 1. The van der Waals surface area contributed by atoms with Crippen molar-refractivity contribution in [2.24, 2.45) is 5.73 Å². The summed E-state index contributed by atoms with van der Waals surface area (Å²) in [5.74, 6) is -0.887. The van der Waals surface area contributed by atoms with Gasteiger partial charge in [-0.15, -0.1) is 0 Å². The molecule has 1 heterocycles. The van der Waals surface area contributed by atoms with E-state index >= 15 is 0 Å². The van der Waals surface area contributed by atoms with Gasteiger partial charge in [-0.25, -0.2) is 14.0 Å². The van der Waals surface area contributed by atoms with Crippen molar-refractivity contribution in [3.8, 4) is 0 Å². The minimum atomic E-state index is -0.524. The fourth-order valence-electron chi connectivity index (χ4n) is 2.33. The van der Waals surface area contributed by atoms with E-state index in [4.69, 9.17) is 10.5 Å². The van der Waals surface area contributed by atoms with Gasteiger partial charge in [0, 0.05) is 6.54 Å². The molecule has 20 heavy (non-hydrogen) atoms. The van der Waals surface area contributed by atoms with Crippen LogP contribution in [0.1, 0.15) is 28.8 Å². The van der Waals surface area contributed by atoms with Crippen LogP contribution in [0, 0.1) is 12.7 Å². The highest BCUT2D eigenvalue weighted by molar-refractivity contribution is 5.89. The van der Waals surface area contributed by atoms with E-state index in [0.717, 1.165) is 12.8 Å². The zero-order chi connectivity index (χ0) is 14.7. The molecular formula is C14H17FN2O3. The minimum Gasteiger partial charge on any atom is -0.460 e. The SMILES string of the molecule is Cc1cc(C(=O)OCC2CCCN2C(N)=O)ccc1F. The molecule has 1 aliphatic heterocycles. The van der Waals surface area contributed by atoms with Crippen molar-refractivity contribution >= 4 is 12.0 Å². The van der Waals surface area contributed by atoms with Crippen LogP contribution >= 0.6 is 0 Å². The highest BCUT2D eigenvalue weighted by atomic mass is 19.1. The lowest BCUT2D eigenvalue weighted by Crippen LogP contribution is -2.41. The number of aryl methyl sites for hydroxylation is 1. The summed E-state index contributed by atoms with van der Waals surface area (Å²) in [7, 11) is 0. The van der Waals surface area contributed by atoms with E-state index in [0.29, 0.717) is 17.7 Å². The number of carbonyl (C=O) groups is 2. The monoisotopic (exact) mass is 280 g/mol. The van der Waals surface area contributed by atoms with Crippen molar-refractivity contribution in [1.29, 1.82) is 0 Å². The molecule has 5 nitrogen and oxygen atoms in total. The molecule has 6 heteroatoms. The first-order valence-corrected chi connectivity index (χ1v) is 6.48. The van der Waals surface area contributed by atoms with Crippen LogP contribution in [-0.2, 0) is 4.74 Å². The summed E-state index contributed by atoms with van der Waals surface area (Å²) in [4.78, 5) is 24.5. The summed E-state index contributed by atoms with van der Waals surface area (Å²) in [5.41, 5.74) is 5.93. The normalized spacial score (nSPS) is 18.1. The van der Waals surface area contributed by atoms with Crippen LogP contribution in [0.5, 0.6) is 0 Å². The highest BCUT2D eigenvalue weighted by Crippen LogP contribution is 2.18. The summed E-state index contributed by atoms with van der Waals surface area (Å²) in [5, 5.41) is 0. The second-order valence-electron chi connectivity index (χ2n) is 4.89. The van der Waals surface area contributed by atoms with Crippen LogP contribution in [0.4, 0.5) is 9.18 Å². The van der Waals surface area contributed by atoms with E-state index in [2.05, 4.69) is 0 Å². The lowest BCUT2D eigenvalue weighted by atomic mass is 10.1. The van der Waals surface area contributed by atoms with Crippen LogP contribution < -0.4 is 5.73 Å². The Morgan fingerprint density at radius 3 is 2.90 bits per heavy atom. The Hall–Kier alpha value is -2.11. The molecule has 0 radical (unpaired) electrons. The van der Waals surface area contributed by atoms with Crippen LogP contribution in [-0.4, -0.2) is 36.1 Å². The number of amides is 2. The zero-order valence-electron chi connectivity index (χ0n) is 11.3. The molecule has 1 saturated heterocycles. The largest absolute Gasteiger partial charge is 0.460 e. The average molecular weight is 280 g/mol. The summed E-state index contributed by atoms with van der Waals surface area (Å²) in [6.07, 6.45) is 1.61. The molecule has 0 aliphatic carbocycles. The van der Waals surface area contributed by atoms with Crippen molar-refractivity contribution in [3.63, 3.8) is 0 Å². The number of halogens is 1. The Labute approximate surface area is 116 Å². The van der Waals surface area contributed by atoms with Gasteiger partial charge in [-0.05, 0) is 43.5 Å². The van der Waals surface area contributed by atoms with Gasteiger partial charge in [0.15, 0.2) is 0 Å². The molecule has 1 atom stereocenters. The summed E-state index contributed by atoms with van der Waals surface area (Å²) in [6, 6.07) is 3.39. The first-order chi connectivity index (χ1) is 9.49. The van der Waals surface area contributed by atoms with Gasteiger partial charge in [0.05, 0.1) is 11.6 Å². The van der Waals surface area contributed by atoms with E-state index in [1.54, 1.807) is 6.92 Å². The fourth-order valence-corrected chi connectivity index (χ4v) is 2.33. The molecule has 1 fully saturated rings. The van der Waals surface area contributed by atoms with Crippen molar-refractivity contribution < 1.29 is 18.7 Å². The van der Waals surface area contributed by atoms with E-state index < -0.39 is 12.0 Å². The van der Waals surface area contributed by atoms with Crippen LogP contribution in [0.2, 0.25) is 0 Å². The van der Waals surface area contributed by atoms with Crippen molar-refractivity contribution in [2.45, 2.75) is 25.8 Å². The molecule has 1 aromatic rings. The number of rotatable bonds is 3. The van der Waals surface area contributed by atoms with Crippen LogP contribution in [0.3, 0.4) is 0 Å². The molecule has 0 aromatic heterocycles. The van der Waals surface area contributed by atoms with Gasteiger partial charge in [0.2, 0.25) is 0 Å². The average Bonchev–Trinajstić information content (AvgIpc) is 2.87. The van der Waals surface area contributed by atoms with E-state index in [9.17, 15) is 14.0 Å². The van der Waals surface area contributed by atoms with Gasteiger partial charge < -0.3 is 15.4 Å². The number of hydrogen-bond acceptors (Lipinski definition) is 3. The maximum absolute atomic E-state index is 13.1. The summed E-state index contributed by atoms with van der Waals surface area (Å²) in [6.45, 7) is 2.28. The molecule has 0 spiro atoms. The summed E-state index contributed by atoms with van der Waals surface area (Å²) >= 11 is 0. The van der Waals surface area contributed by atoms with E-state index in [1.165, 1.54) is 23.1 Å². The Kier molecular flexibility index (Phi) is 4.22. The molecule has 0 bridgehead atoms. The van der Waals surface area contributed by atoms with Crippen molar-refractivity contribution in [3.05, 3.63) is 35.1 Å². The molecule has 1 unspecified atom stereocenters. The Morgan fingerprint density at radius 2 is 2.25 bits per heavy atom. The van der Waals surface area contributed by atoms with Crippen LogP contribution in [0.15, 0.2) is 18.2 Å². The molecule has 1 aliphatic rings. The predicted molar refractivity (Wildman–Crippen MR) is 70.7 cm³/mol. The maximum Gasteiger partial charge on any atom is 0.338 e. The Morgan fingerprint density at radius 1 is 1.50 bits per heavy atom. The van der Waals surface area contributed by atoms with Gasteiger partial charge >= 0.3 is 12.0 Å². The van der Waals surface area contributed by atoms with Crippen molar-refractivity contribution in [2.75, 3.05) is 13.2 Å². The number of urea groups is 1. The molecule has 2 amide bonds. The minimum absolute atomic E-state index is 0.109. The first kappa shape index (κ1) is 14.3. The predicted octanol–water partition coefficient (Wildman–Crippen LogP) is 1.83. The molecular weight excluding hydrogens is 263 g/mol. The number of hydrogen-bond donors (Lipinski definition) is 1. The van der Waals surface area contributed by atoms with E-state index in [1.807, 2.05) is 0 Å². The van der Waals surface area contributed by atoms with Gasteiger partial charge in [-0.3, -0.25) is 0 Å². The highest BCUT2D eigenvalue weighted by Gasteiger charge is 2.28.